The Hall–Kier alpha value is -1.74. The third kappa shape index (κ3) is 2.89. The van der Waals surface area contributed by atoms with Gasteiger partial charge in [0.2, 0.25) is 0 Å². The van der Waals surface area contributed by atoms with Crippen LogP contribution >= 0.6 is 11.6 Å². The Bertz CT molecular complexity index is 487. The summed E-state index contributed by atoms with van der Waals surface area (Å²) in [5.74, 6) is 0.382. The van der Waals surface area contributed by atoms with Crippen LogP contribution in [0, 0.1) is 21.4 Å². The zero-order valence-corrected chi connectivity index (χ0v) is 10.4. The number of hydrogen-bond donors (Lipinski definition) is 0. The van der Waals surface area contributed by atoms with Crippen molar-refractivity contribution in [1.29, 1.82) is 5.26 Å². The molecule has 0 aliphatic carbocycles. The molecule has 0 unspecified atom stereocenters. The lowest BCUT2D eigenvalue weighted by molar-refractivity contribution is -0.384. The summed E-state index contributed by atoms with van der Waals surface area (Å²) in [6, 6.07) is 4.88. The molecule has 0 heterocycles. The number of alkyl halides is 1. The van der Waals surface area contributed by atoms with Crippen molar-refractivity contribution in [2.75, 3.05) is 24.4 Å². The molecule has 1 aromatic carbocycles. The molecule has 0 N–H and O–H groups in total. The van der Waals surface area contributed by atoms with Crippen LogP contribution in [-0.2, 0) is 0 Å². The van der Waals surface area contributed by atoms with E-state index in [1.807, 2.05) is 6.07 Å². The first-order valence-corrected chi connectivity index (χ1v) is 5.51. The van der Waals surface area contributed by atoms with E-state index in [2.05, 4.69) is 0 Å². The van der Waals surface area contributed by atoms with E-state index in [1.54, 1.807) is 25.9 Å². The third-order valence-electron chi connectivity index (χ3n) is 2.47. The van der Waals surface area contributed by atoms with Crippen molar-refractivity contribution in [3.05, 3.63) is 27.8 Å². The summed E-state index contributed by atoms with van der Waals surface area (Å²) in [6.07, 6.45) is 0. The number of nitro benzene ring substituents is 1. The highest BCUT2D eigenvalue weighted by molar-refractivity contribution is 6.34. The number of halogens is 1. The zero-order chi connectivity index (χ0) is 13.0. The Morgan fingerprint density at radius 2 is 2.29 bits per heavy atom. The Labute approximate surface area is 105 Å². The van der Waals surface area contributed by atoms with Gasteiger partial charge in [-0.1, -0.05) is 5.46 Å². The van der Waals surface area contributed by atoms with E-state index in [0.29, 0.717) is 23.7 Å². The van der Waals surface area contributed by atoms with Crippen LogP contribution in [0.15, 0.2) is 12.1 Å². The Balaban J connectivity index is 3.33. The van der Waals surface area contributed by atoms with Crippen molar-refractivity contribution in [1.82, 2.24) is 0 Å². The minimum absolute atomic E-state index is 0.0697. The first-order valence-electron chi connectivity index (χ1n) is 4.97. The van der Waals surface area contributed by atoms with Crippen molar-refractivity contribution in [3.63, 3.8) is 0 Å². The smallest absolute Gasteiger partial charge is 0.293 e. The number of hydrogen-bond acceptors (Lipinski definition) is 4. The standard InChI is InChI=1S/C10H11BClN3O2/c1-14(3-2-12)9-5-8(11)7(6-13)4-10(9)15(16)17/h4-5H,2-3,11H2,1H3. The lowest BCUT2D eigenvalue weighted by Crippen LogP contribution is -2.23. The van der Waals surface area contributed by atoms with Crippen LogP contribution in [-0.4, -0.2) is 32.2 Å². The predicted octanol–water partition coefficient (Wildman–Crippen LogP) is 0.400. The molecule has 0 spiro atoms. The van der Waals surface area contributed by atoms with Gasteiger partial charge in [0.25, 0.3) is 5.69 Å². The number of rotatable bonds is 4. The van der Waals surface area contributed by atoms with Crippen molar-refractivity contribution >= 4 is 36.3 Å². The number of nitriles is 1. The molecule has 0 saturated carbocycles. The van der Waals surface area contributed by atoms with Gasteiger partial charge in [-0.15, -0.1) is 11.6 Å². The molecule has 0 saturated heterocycles. The van der Waals surface area contributed by atoms with Gasteiger partial charge in [0.05, 0.1) is 16.6 Å². The molecule has 0 aliphatic heterocycles. The molecule has 0 amide bonds. The molecule has 0 aromatic heterocycles. The molecule has 7 heteroatoms. The molecule has 0 aliphatic rings. The van der Waals surface area contributed by atoms with Gasteiger partial charge in [0.1, 0.15) is 13.5 Å². The van der Waals surface area contributed by atoms with Crippen LogP contribution in [0.1, 0.15) is 5.56 Å². The Kier molecular flexibility index (Phi) is 4.35. The normalized spacial score (nSPS) is 9.71. The fraction of sp³-hybridized carbons (Fsp3) is 0.300. The van der Waals surface area contributed by atoms with Crippen molar-refractivity contribution < 1.29 is 4.92 Å². The molecule has 0 atom stereocenters. The molecule has 88 valence electrons. The Morgan fingerprint density at radius 1 is 1.65 bits per heavy atom. The topological polar surface area (TPSA) is 70.2 Å². The molecule has 1 rings (SSSR count). The van der Waals surface area contributed by atoms with E-state index in [9.17, 15) is 10.1 Å². The maximum Gasteiger partial charge on any atom is 0.293 e. The maximum absolute atomic E-state index is 10.9. The highest BCUT2D eigenvalue weighted by Crippen LogP contribution is 2.27. The van der Waals surface area contributed by atoms with E-state index in [4.69, 9.17) is 16.9 Å². The van der Waals surface area contributed by atoms with Crippen LogP contribution in [0.3, 0.4) is 0 Å². The monoisotopic (exact) mass is 251 g/mol. The van der Waals surface area contributed by atoms with Gasteiger partial charge in [-0.3, -0.25) is 10.1 Å². The number of anilines is 1. The minimum atomic E-state index is -0.486. The SMILES string of the molecule is Bc1cc(N(C)CCCl)c([N+](=O)[O-])cc1C#N. The van der Waals surface area contributed by atoms with Crippen LogP contribution in [0.4, 0.5) is 11.4 Å². The predicted molar refractivity (Wildman–Crippen MR) is 70.0 cm³/mol. The van der Waals surface area contributed by atoms with Crippen LogP contribution in [0.5, 0.6) is 0 Å². The second-order valence-corrected chi connectivity index (χ2v) is 4.01. The second-order valence-electron chi connectivity index (χ2n) is 3.64. The summed E-state index contributed by atoms with van der Waals surface area (Å²) in [7, 11) is 3.48. The number of nitro groups is 1. The largest absolute Gasteiger partial charge is 0.368 e. The van der Waals surface area contributed by atoms with E-state index in [1.165, 1.54) is 6.07 Å². The molecule has 0 fully saturated rings. The fourth-order valence-electron chi connectivity index (χ4n) is 1.50. The van der Waals surface area contributed by atoms with Gasteiger partial charge < -0.3 is 4.90 Å². The first-order chi connectivity index (χ1) is 8.01. The molecule has 1 aromatic rings. The summed E-state index contributed by atoms with van der Waals surface area (Å²) in [6.45, 7) is 0.508. The van der Waals surface area contributed by atoms with Gasteiger partial charge in [0, 0.05) is 25.5 Å². The van der Waals surface area contributed by atoms with Gasteiger partial charge in [0.15, 0.2) is 0 Å². The van der Waals surface area contributed by atoms with Gasteiger partial charge in [-0.25, -0.2) is 0 Å². The Morgan fingerprint density at radius 3 is 2.76 bits per heavy atom. The van der Waals surface area contributed by atoms with Crippen LogP contribution < -0.4 is 10.4 Å². The van der Waals surface area contributed by atoms with E-state index in [-0.39, 0.29) is 5.69 Å². The van der Waals surface area contributed by atoms with E-state index >= 15 is 0 Å². The van der Waals surface area contributed by atoms with Crippen LogP contribution in [0.2, 0.25) is 0 Å². The highest BCUT2D eigenvalue weighted by atomic mass is 35.5. The minimum Gasteiger partial charge on any atom is -0.368 e. The average Bonchev–Trinajstić information content (AvgIpc) is 2.28. The van der Waals surface area contributed by atoms with Crippen molar-refractivity contribution in [2.24, 2.45) is 0 Å². The van der Waals surface area contributed by atoms with Gasteiger partial charge in [-0.05, 0) is 6.07 Å². The third-order valence-corrected chi connectivity index (χ3v) is 2.64. The number of benzene rings is 1. The van der Waals surface area contributed by atoms with E-state index < -0.39 is 4.92 Å². The summed E-state index contributed by atoms with van der Waals surface area (Å²) in [5, 5.41) is 19.8. The quantitative estimate of drug-likeness (QED) is 0.336. The van der Waals surface area contributed by atoms with Gasteiger partial charge >= 0.3 is 0 Å². The molecule has 5 nitrogen and oxygen atoms in total. The summed E-state index contributed by atoms with van der Waals surface area (Å²) < 4.78 is 0. The summed E-state index contributed by atoms with van der Waals surface area (Å²) in [4.78, 5) is 12.2. The summed E-state index contributed by atoms with van der Waals surface area (Å²) in [5.41, 5.74) is 1.45. The second kappa shape index (κ2) is 5.55. The lowest BCUT2D eigenvalue weighted by Gasteiger charge is -2.18. The number of nitrogens with zero attached hydrogens (tertiary/aromatic N) is 3. The lowest BCUT2D eigenvalue weighted by atomic mass is 9.90. The van der Waals surface area contributed by atoms with E-state index in [0.717, 1.165) is 5.46 Å². The fourth-order valence-corrected chi connectivity index (χ4v) is 1.75. The molecule has 0 radical (unpaired) electrons. The van der Waals surface area contributed by atoms with Gasteiger partial charge in [-0.2, -0.15) is 5.26 Å². The average molecular weight is 251 g/mol. The van der Waals surface area contributed by atoms with Crippen molar-refractivity contribution in [3.8, 4) is 6.07 Å². The summed E-state index contributed by atoms with van der Waals surface area (Å²) >= 11 is 5.61. The first kappa shape index (κ1) is 13.3. The zero-order valence-electron chi connectivity index (χ0n) is 9.61. The van der Waals surface area contributed by atoms with Crippen molar-refractivity contribution in [2.45, 2.75) is 0 Å². The maximum atomic E-state index is 10.9. The molecule has 17 heavy (non-hydrogen) atoms. The highest BCUT2D eigenvalue weighted by Gasteiger charge is 2.19. The molecular weight excluding hydrogens is 240 g/mol. The van der Waals surface area contributed by atoms with Crippen LogP contribution in [0.25, 0.3) is 0 Å². The molecular formula is C10H11BClN3O2. The molecule has 0 bridgehead atoms.